The van der Waals surface area contributed by atoms with E-state index in [9.17, 15) is 13.2 Å². The summed E-state index contributed by atoms with van der Waals surface area (Å²) in [6, 6.07) is 0.614. The zero-order chi connectivity index (χ0) is 13.1. The first kappa shape index (κ1) is 13.8. The number of pyridine rings is 1. The van der Waals surface area contributed by atoms with Crippen molar-refractivity contribution in [3.8, 4) is 5.88 Å². The summed E-state index contributed by atoms with van der Waals surface area (Å²) in [5.74, 6) is -0.199. The molecule has 0 saturated carbocycles. The van der Waals surface area contributed by atoms with Crippen LogP contribution in [0.3, 0.4) is 0 Å². The van der Waals surface area contributed by atoms with Crippen molar-refractivity contribution in [2.75, 3.05) is 6.61 Å². The van der Waals surface area contributed by atoms with Crippen LogP contribution in [0, 0.1) is 0 Å². The highest BCUT2D eigenvalue weighted by Crippen LogP contribution is 2.28. The molecular formula is C9H11BF3NO3. The van der Waals surface area contributed by atoms with Gasteiger partial charge in [-0.25, -0.2) is 4.98 Å². The molecule has 0 unspecified atom stereocenters. The van der Waals surface area contributed by atoms with Gasteiger partial charge in [-0.05, 0) is 12.5 Å². The highest BCUT2D eigenvalue weighted by Gasteiger charge is 2.33. The van der Waals surface area contributed by atoms with Crippen molar-refractivity contribution < 1.29 is 28.0 Å². The maximum atomic E-state index is 12.4. The first-order valence-electron chi connectivity index (χ1n) is 4.92. The van der Waals surface area contributed by atoms with Crippen LogP contribution in [0.25, 0.3) is 0 Å². The van der Waals surface area contributed by atoms with Crippen LogP contribution in [-0.4, -0.2) is 28.8 Å². The lowest BCUT2D eigenvalue weighted by molar-refractivity contribution is -0.137. The standard InChI is InChI=1S/C9H11BF3NO3/c1-2-3-17-8-7(10(15)16)4-6(5-14-8)9(11,12)13/h4-5,15-16H,2-3H2,1H3. The van der Waals surface area contributed by atoms with E-state index < -0.39 is 24.3 Å². The molecule has 0 spiro atoms. The van der Waals surface area contributed by atoms with Gasteiger partial charge in [-0.15, -0.1) is 0 Å². The van der Waals surface area contributed by atoms with E-state index in [0.717, 1.165) is 0 Å². The molecule has 2 N–H and O–H groups in total. The monoisotopic (exact) mass is 249 g/mol. The quantitative estimate of drug-likeness (QED) is 0.765. The lowest BCUT2D eigenvalue weighted by Crippen LogP contribution is -2.33. The summed E-state index contributed by atoms with van der Waals surface area (Å²) >= 11 is 0. The molecule has 0 saturated heterocycles. The van der Waals surface area contributed by atoms with Gasteiger partial charge >= 0.3 is 13.3 Å². The van der Waals surface area contributed by atoms with E-state index in [-0.39, 0.29) is 12.5 Å². The van der Waals surface area contributed by atoms with Gasteiger partial charge in [-0.3, -0.25) is 0 Å². The number of aromatic nitrogens is 1. The molecule has 0 aliphatic heterocycles. The number of nitrogens with zero attached hydrogens (tertiary/aromatic N) is 1. The number of halogens is 3. The summed E-state index contributed by atoms with van der Waals surface area (Å²) in [7, 11) is -2.06. The maximum Gasteiger partial charge on any atom is 0.494 e. The SMILES string of the molecule is CCCOc1ncc(C(F)(F)F)cc1B(O)O. The van der Waals surface area contributed by atoms with Crippen LogP contribution in [0.1, 0.15) is 18.9 Å². The Morgan fingerprint density at radius 3 is 2.53 bits per heavy atom. The van der Waals surface area contributed by atoms with Gasteiger partial charge in [0.15, 0.2) is 0 Å². The summed E-state index contributed by atoms with van der Waals surface area (Å²) in [4.78, 5) is 3.44. The van der Waals surface area contributed by atoms with Crippen LogP contribution in [0.2, 0.25) is 0 Å². The van der Waals surface area contributed by atoms with Crippen molar-refractivity contribution in [3.63, 3.8) is 0 Å². The molecule has 0 amide bonds. The molecule has 8 heteroatoms. The van der Waals surface area contributed by atoms with Crippen molar-refractivity contribution in [1.29, 1.82) is 0 Å². The Labute approximate surface area is 96.2 Å². The molecule has 94 valence electrons. The maximum absolute atomic E-state index is 12.4. The molecule has 1 rings (SSSR count). The van der Waals surface area contributed by atoms with Gasteiger partial charge in [-0.2, -0.15) is 13.2 Å². The van der Waals surface area contributed by atoms with Gasteiger partial charge in [0.05, 0.1) is 12.2 Å². The first-order chi connectivity index (χ1) is 7.86. The Balaban J connectivity index is 3.08. The Morgan fingerprint density at radius 1 is 1.41 bits per heavy atom. The highest BCUT2D eigenvalue weighted by atomic mass is 19.4. The van der Waals surface area contributed by atoms with Crippen molar-refractivity contribution in [3.05, 3.63) is 17.8 Å². The molecule has 0 bridgehead atoms. The molecule has 0 atom stereocenters. The molecule has 1 heterocycles. The zero-order valence-electron chi connectivity index (χ0n) is 9.03. The van der Waals surface area contributed by atoms with E-state index in [1.165, 1.54) is 0 Å². The van der Waals surface area contributed by atoms with Gasteiger partial charge in [0, 0.05) is 11.7 Å². The first-order valence-corrected chi connectivity index (χ1v) is 4.92. The molecule has 0 radical (unpaired) electrons. The lowest BCUT2D eigenvalue weighted by Gasteiger charge is -2.12. The molecule has 0 aromatic carbocycles. The van der Waals surface area contributed by atoms with Crippen molar-refractivity contribution >= 4 is 12.6 Å². The smallest absolute Gasteiger partial charge is 0.478 e. The third-order valence-electron chi connectivity index (χ3n) is 1.93. The predicted octanol–water partition coefficient (Wildman–Crippen LogP) is 0.569. The molecule has 0 fully saturated rings. The van der Waals surface area contributed by atoms with Crippen molar-refractivity contribution in [2.45, 2.75) is 19.5 Å². The van der Waals surface area contributed by atoms with Gasteiger partial charge < -0.3 is 14.8 Å². The minimum absolute atomic E-state index is 0.199. The third kappa shape index (κ3) is 3.60. The summed E-state index contributed by atoms with van der Waals surface area (Å²) in [6.07, 6.45) is -3.36. The van der Waals surface area contributed by atoms with Gasteiger partial charge in [-0.1, -0.05) is 6.92 Å². The predicted molar refractivity (Wildman–Crippen MR) is 54.9 cm³/mol. The van der Waals surface area contributed by atoms with E-state index in [0.29, 0.717) is 18.7 Å². The van der Waals surface area contributed by atoms with E-state index in [4.69, 9.17) is 14.8 Å². The van der Waals surface area contributed by atoms with E-state index in [1.807, 2.05) is 0 Å². The molecular weight excluding hydrogens is 238 g/mol. The van der Waals surface area contributed by atoms with Crippen LogP contribution >= 0.6 is 0 Å². The topological polar surface area (TPSA) is 62.6 Å². The van der Waals surface area contributed by atoms with Crippen molar-refractivity contribution in [2.24, 2.45) is 0 Å². The summed E-state index contributed by atoms with van der Waals surface area (Å²) in [6.45, 7) is 2.04. The summed E-state index contributed by atoms with van der Waals surface area (Å²) < 4.78 is 42.1. The van der Waals surface area contributed by atoms with Crippen LogP contribution in [-0.2, 0) is 6.18 Å². The minimum atomic E-state index is -4.58. The fraction of sp³-hybridized carbons (Fsp3) is 0.444. The average Bonchev–Trinajstić information content (AvgIpc) is 2.24. The Kier molecular flexibility index (Phi) is 4.36. The second-order valence-electron chi connectivity index (χ2n) is 3.34. The Bertz CT molecular complexity index is 384. The largest absolute Gasteiger partial charge is 0.494 e. The van der Waals surface area contributed by atoms with Gasteiger partial charge in [0.2, 0.25) is 5.88 Å². The fourth-order valence-corrected chi connectivity index (χ4v) is 1.13. The van der Waals surface area contributed by atoms with Crippen LogP contribution < -0.4 is 10.2 Å². The number of hydrogen-bond acceptors (Lipinski definition) is 4. The zero-order valence-corrected chi connectivity index (χ0v) is 9.03. The Hall–Kier alpha value is -1.28. The Morgan fingerprint density at radius 2 is 2.06 bits per heavy atom. The number of ether oxygens (including phenoxy) is 1. The third-order valence-corrected chi connectivity index (χ3v) is 1.93. The average molecular weight is 249 g/mol. The molecule has 0 aliphatic rings. The molecule has 0 aliphatic carbocycles. The summed E-state index contributed by atoms with van der Waals surface area (Å²) in [5, 5.41) is 17.9. The number of hydrogen-bond donors (Lipinski definition) is 2. The van der Waals surface area contributed by atoms with Crippen LogP contribution in [0.5, 0.6) is 5.88 Å². The van der Waals surface area contributed by atoms with Crippen molar-refractivity contribution in [1.82, 2.24) is 4.98 Å². The normalized spacial score (nSPS) is 11.4. The second kappa shape index (κ2) is 5.37. The molecule has 1 aromatic heterocycles. The minimum Gasteiger partial charge on any atom is -0.478 e. The molecule has 4 nitrogen and oxygen atoms in total. The molecule has 17 heavy (non-hydrogen) atoms. The van der Waals surface area contributed by atoms with Gasteiger partial charge in [0.25, 0.3) is 0 Å². The van der Waals surface area contributed by atoms with E-state index >= 15 is 0 Å². The van der Waals surface area contributed by atoms with Crippen LogP contribution in [0.15, 0.2) is 12.3 Å². The molecule has 1 aromatic rings. The number of rotatable bonds is 4. The van der Waals surface area contributed by atoms with E-state index in [2.05, 4.69) is 4.98 Å². The fourth-order valence-electron chi connectivity index (χ4n) is 1.13. The summed E-state index contributed by atoms with van der Waals surface area (Å²) in [5.41, 5.74) is -1.45. The van der Waals surface area contributed by atoms with Gasteiger partial charge in [0.1, 0.15) is 0 Å². The van der Waals surface area contributed by atoms with E-state index in [1.54, 1.807) is 6.92 Å². The van der Waals surface area contributed by atoms with Crippen LogP contribution in [0.4, 0.5) is 13.2 Å². The highest BCUT2D eigenvalue weighted by molar-refractivity contribution is 6.59. The number of alkyl halides is 3. The lowest BCUT2D eigenvalue weighted by atomic mass is 9.80. The second-order valence-corrected chi connectivity index (χ2v) is 3.34.